The lowest BCUT2D eigenvalue weighted by Gasteiger charge is -2.26. The van der Waals surface area contributed by atoms with Gasteiger partial charge in [0.15, 0.2) is 0 Å². The van der Waals surface area contributed by atoms with Crippen LogP contribution in [0, 0.1) is 5.92 Å². The summed E-state index contributed by atoms with van der Waals surface area (Å²) >= 11 is 3.37. The highest BCUT2D eigenvalue weighted by molar-refractivity contribution is 9.10. The smallest absolute Gasteiger partial charge is 0.128 e. The summed E-state index contributed by atoms with van der Waals surface area (Å²) in [6.07, 6.45) is 2.93. The molecule has 2 rings (SSSR count). The van der Waals surface area contributed by atoms with E-state index in [9.17, 15) is 5.11 Å². The predicted octanol–water partition coefficient (Wildman–Crippen LogP) is 2.05. The number of aromatic nitrogens is 1. The quantitative estimate of drug-likeness (QED) is 0.894. The molecule has 1 aliphatic heterocycles. The average Bonchev–Trinajstić information content (AvgIpc) is 2.61. The van der Waals surface area contributed by atoms with Crippen LogP contribution in [-0.4, -0.2) is 29.3 Å². The van der Waals surface area contributed by atoms with Gasteiger partial charge in [-0.25, -0.2) is 4.98 Å². The molecule has 2 unspecified atom stereocenters. The van der Waals surface area contributed by atoms with Crippen LogP contribution in [0.3, 0.4) is 0 Å². The third kappa shape index (κ3) is 2.16. The van der Waals surface area contributed by atoms with Crippen LogP contribution in [-0.2, 0) is 0 Å². The highest BCUT2D eigenvalue weighted by Crippen LogP contribution is 2.28. The van der Waals surface area contributed by atoms with Gasteiger partial charge in [-0.3, -0.25) is 0 Å². The second kappa shape index (κ2) is 4.49. The number of hydrogen-bond donors (Lipinski definition) is 1. The molecule has 4 heteroatoms. The van der Waals surface area contributed by atoms with Crippen molar-refractivity contribution in [2.75, 3.05) is 18.1 Å². The molecule has 0 aliphatic carbocycles. The Kier molecular flexibility index (Phi) is 3.26. The molecule has 2 atom stereocenters. The summed E-state index contributed by atoms with van der Waals surface area (Å²) < 4.78 is 0.985. The fraction of sp³-hybridized carbons (Fsp3) is 0.545. The molecule has 82 valence electrons. The van der Waals surface area contributed by atoms with E-state index in [-0.39, 0.29) is 12.6 Å². The monoisotopic (exact) mass is 270 g/mol. The van der Waals surface area contributed by atoms with Crippen molar-refractivity contribution in [3.05, 3.63) is 22.8 Å². The van der Waals surface area contributed by atoms with Crippen LogP contribution in [0.2, 0.25) is 0 Å². The Balaban J connectivity index is 2.20. The van der Waals surface area contributed by atoms with Crippen molar-refractivity contribution in [1.29, 1.82) is 0 Å². The van der Waals surface area contributed by atoms with Crippen LogP contribution in [0.5, 0.6) is 0 Å². The van der Waals surface area contributed by atoms with Crippen LogP contribution in [0.1, 0.15) is 13.3 Å². The fourth-order valence-electron chi connectivity index (χ4n) is 2.11. The maximum atomic E-state index is 9.34. The highest BCUT2D eigenvalue weighted by Gasteiger charge is 2.31. The molecule has 2 heterocycles. The molecule has 0 radical (unpaired) electrons. The average molecular weight is 271 g/mol. The molecule has 0 amide bonds. The highest BCUT2D eigenvalue weighted by atomic mass is 79.9. The molecular formula is C11H15BrN2O. The largest absolute Gasteiger partial charge is 0.394 e. The van der Waals surface area contributed by atoms with Gasteiger partial charge in [-0.15, -0.1) is 0 Å². The Morgan fingerprint density at radius 1 is 1.60 bits per heavy atom. The Morgan fingerprint density at radius 2 is 2.40 bits per heavy atom. The van der Waals surface area contributed by atoms with E-state index < -0.39 is 0 Å². The number of pyridine rings is 1. The van der Waals surface area contributed by atoms with Crippen molar-refractivity contribution in [3.63, 3.8) is 0 Å². The van der Waals surface area contributed by atoms with Crippen molar-refractivity contribution in [2.24, 2.45) is 5.92 Å². The summed E-state index contributed by atoms with van der Waals surface area (Å²) in [5.74, 6) is 1.50. The molecule has 0 spiro atoms. The molecule has 15 heavy (non-hydrogen) atoms. The van der Waals surface area contributed by atoms with Gasteiger partial charge in [0.1, 0.15) is 5.82 Å². The molecule has 0 aromatic carbocycles. The summed E-state index contributed by atoms with van der Waals surface area (Å²) in [5, 5.41) is 9.34. The van der Waals surface area contributed by atoms with E-state index in [2.05, 4.69) is 32.7 Å². The van der Waals surface area contributed by atoms with Gasteiger partial charge in [0.2, 0.25) is 0 Å². The van der Waals surface area contributed by atoms with Crippen molar-refractivity contribution >= 4 is 21.7 Å². The van der Waals surface area contributed by atoms with Gasteiger partial charge in [0.25, 0.3) is 0 Å². The van der Waals surface area contributed by atoms with Crippen molar-refractivity contribution in [2.45, 2.75) is 19.4 Å². The summed E-state index contributed by atoms with van der Waals surface area (Å²) in [7, 11) is 0. The Bertz CT molecular complexity index is 328. The summed E-state index contributed by atoms with van der Waals surface area (Å²) in [6, 6.07) is 4.20. The van der Waals surface area contributed by atoms with Gasteiger partial charge in [0.05, 0.1) is 12.6 Å². The van der Waals surface area contributed by atoms with E-state index >= 15 is 0 Å². The lowest BCUT2D eigenvalue weighted by Crippen LogP contribution is -2.35. The minimum atomic E-state index is 0.207. The number of hydrogen-bond acceptors (Lipinski definition) is 3. The number of nitrogens with zero attached hydrogens (tertiary/aromatic N) is 2. The normalized spacial score (nSPS) is 25.9. The minimum absolute atomic E-state index is 0.207. The van der Waals surface area contributed by atoms with Gasteiger partial charge >= 0.3 is 0 Å². The molecule has 3 nitrogen and oxygen atoms in total. The van der Waals surface area contributed by atoms with Gasteiger partial charge in [-0.05, 0) is 40.4 Å². The summed E-state index contributed by atoms with van der Waals surface area (Å²) in [6.45, 7) is 3.37. The third-order valence-corrected chi connectivity index (χ3v) is 3.54. The van der Waals surface area contributed by atoms with Crippen LogP contribution in [0.15, 0.2) is 22.8 Å². The Morgan fingerprint density at radius 3 is 3.00 bits per heavy atom. The first-order valence-electron chi connectivity index (χ1n) is 5.21. The summed E-state index contributed by atoms with van der Waals surface area (Å²) in [5.41, 5.74) is 0. The van der Waals surface area contributed by atoms with Gasteiger partial charge in [0, 0.05) is 17.2 Å². The van der Waals surface area contributed by atoms with E-state index in [0.29, 0.717) is 5.92 Å². The minimum Gasteiger partial charge on any atom is -0.394 e. The van der Waals surface area contributed by atoms with Gasteiger partial charge in [-0.1, -0.05) is 6.92 Å². The molecule has 1 N–H and O–H groups in total. The van der Waals surface area contributed by atoms with Gasteiger partial charge < -0.3 is 10.0 Å². The molecule has 0 saturated carbocycles. The first-order valence-corrected chi connectivity index (χ1v) is 6.00. The molecule has 1 saturated heterocycles. The Hall–Kier alpha value is -0.610. The van der Waals surface area contributed by atoms with Gasteiger partial charge in [-0.2, -0.15) is 0 Å². The second-order valence-corrected chi connectivity index (χ2v) is 4.96. The molecule has 1 fully saturated rings. The fourth-order valence-corrected chi connectivity index (χ4v) is 2.34. The number of aliphatic hydroxyl groups is 1. The molecular weight excluding hydrogens is 256 g/mol. The van der Waals surface area contributed by atoms with Crippen LogP contribution in [0.25, 0.3) is 0 Å². The molecule has 0 bridgehead atoms. The number of aliphatic hydroxyl groups excluding tert-OH is 1. The molecule has 1 aromatic heterocycles. The predicted molar refractivity (Wildman–Crippen MR) is 63.9 cm³/mol. The maximum Gasteiger partial charge on any atom is 0.128 e. The van der Waals surface area contributed by atoms with E-state index in [1.165, 1.54) is 0 Å². The van der Waals surface area contributed by atoms with E-state index in [1.54, 1.807) is 6.20 Å². The van der Waals surface area contributed by atoms with Crippen LogP contribution in [0.4, 0.5) is 5.82 Å². The number of halogens is 1. The maximum absolute atomic E-state index is 9.34. The standard InChI is InChI=1S/C11H15BrN2O/c1-8-4-5-14(10(8)7-15)11-3-2-9(12)6-13-11/h2-3,6,8,10,15H,4-5,7H2,1H3. The summed E-state index contributed by atoms with van der Waals surface area (Å²) in [4.78, 5) is 6.55. The lowest BCUT2D eigenvalue weighted by molar-refractivity contribution is 0.244. The second-order valence-electron chi connectivity index (χ2n) is 4.04. The molecule has 1 aromatic rings. The number of anilines is 1. The topological polar surface area (TPSA) is 36.4 Å². The van der Waals surface area contributed by atoms with E-state index in [4.69, 9.17) is 0 Å². The van der Waals surface area contributed by atoms with Crippen molar-refractivity contribution in [1.82, 2.24) is 4.98 Å². The van der Waals surface area contributed by atoms with E-state index in [1.807, 2.05) is 12.1 Å². The SMILES string of the molecule is CC1CCN(c2ccc(Br)cn2)C1CO. The number of rotatable bonds is 2. The first kappa shape index (κ1) is 10.9. The van der Waals surface area contributed by atoms with E-state index in [0.717, 1.165) is 23.3 Å². The zero-order chi connectivity index (χ0) is 10.8. The lowest BCUT2D eigenvalue weighted by atomic mass is 10.0. The van der Waals surface area contributed by atoms with Crippen LogP contribution < -0.4 is 4.90 Å². The first-order chi connectivity index (χ1) is 7.22. The third-order valence-electron chi connectivity index (χ3n) is 3.08. The van der Waals surface area contributed by atoms with Crippen molar-refractivity contribution < 1.29 is 5.11 Å². The van der Waals surface area contributed by atoms with Crippen LogP contribution >= 0.6 is 15.9 Å². The van der Waals surface area contributed by atoms with Crippen molar-refractivity contribution in [3.8, 4) is 0 Å². The zero-order valence-corrected chi connectivity index (χ0v) is 10.3. The zero-order valence-electron chi connectivity index (χ0n) is 8.73. The molecule has 1 aliphatic rings. The Labute approximate surface area is 98.3 Å².